The molecule has 1 heterocycles. The highest BCUT2D eigenvalue weighted by atomic mass is 127. The molecule has 0 aliphatic heterocycles. The minimum absolute atomic E-state index is 0.236. The first-order valence-corrected chi connectivity index (χ1v) is 7.58. The zero-order chi connectivity index (χ0) is 14.0. The number of rotatable bonds is 4. The topological polar surface area (TPSA) is 29.9 Å². The highest BCUT2D eigenvalue weighted by Gasteiger charge is 2.16. The summed E-state index contributed by atoms with van der Waals surface area (Å²) in [5, 5.41) is 8.53. The molecule has 0 aliphatic carbocycles. The van der Waals surface area contributed by atoms with Gasteiger partial charge in [-0.2, -0.15) is 5.10 Å². The molecular weight excluding hydrogens is 373 g/mol. The maximum absolute atomic E-state index is 6.11. The maximum atomic E-state index is 6.11. The largest absolute Gasteiger partial charge is 0.313 e. The molecule has 19 heavy (non-hydrogen) atoms. The van der Waals surface area contributed by atoms with Gasteiger partial charge in [-0.05, 0) is 66.4 Å². The van der Waals surface area contributed by atoms with Crippen molar-refractivity contribution >= 4 is 34.2 Å². The van der Waals surface area contributed by atoms with E-state index in [1.807, 2.05) is 37.8 Å². The Balaban J connectivity index is 2.30. The third kappa shape index (κ3) is 3.49. The number of nitrogens with one attached hydrogen (secondary N) is 1. The van der Waals surface area contributed by atoms with Crippen LogP contribution in [0.5, 0.6) is 0 Å². The SMILES string of the molecule is CNC(Cc1cc(C)nn1C)c1cc(Cl)ccc1I. The molecule has 0 aliphatic rings. The lowest BCUT2D eigenvalue weighted by Crippen LogP contribution is -2.21. The van der Waals surface area contributed by atoms with Gasteiger partial charge in [0.25, 0.3) is 0 Å². The van der Waals surface area contributed by atoms with Crippen molar-refractivity contribution in [2.24, 2.45) is 7.05 Å². The Morgan fingerprint density at radius 1 is 1.42 bits per heavy atom. The van der Waals surface area contributed by atoms with Crippen molar-refractivity contribution in [3.63, 3.8) is 0 Å². The van der Waals surface area contributed by atoms with Gasteiger partial charge >= 0.3 is 0 Å². The molecule has 1 unspecified atom stereocenters. The molecule has 1 atom stereocenters. The molecule has 5 heteroatoms. The van der Waals surface area contributed by atoms with E-state index < -0.39 is 0 Å². The number of aryl methyl sites for hydroxylation is 2. The van der Waals surface area contributed by atoms with E-state index in [1.165, 1.54) is 14.8 Å². The smallest absolute Gasteiger partial charge is 0.0596 e. The second kappa shape index (κ2) is 6.24. The Morgan fingerprint density at radius 2 is 2.16 bits per heavy atom. The van der Waals surface area contributed by atoms with Gasteiger partial charge in [-0.15, -0.1) is 0 Å². The zero-order valence-corrected chi connectivity index (χ0v) is 14.2. The second-order valence-corrected chi connectivity index (χ2v) is 6.21. The molecular formula is C14H17ClIN3. The van der Waals surface area contributed by atoms with E-state index >= 15 is 0 Å². The van der Waals surface area contributed by atoms with Gasteiger partial charge in [0, 0.05) is 33.8 Å². The number of halogens is 2. The van der Waals surface area contributed by atoms with Crippen LogP contribution in [0.15, 0.2) is 24.3 Å². The standard InChI is InChI=1S/C14H17ClIN3/c1-9-6-11(19(3)18-9)8-14(17-2)12-7-10(15)4-5-13(12)16/h4-7,14,17H,8H2,1-3H3. The van der Waals surface area contributed by atoms with E-state index in [4.69, 9.17) is 11.6 Å². The highest BCUT2D eigenvalue weighted by molar-refractivity contribution is 14.1. The van der Waals surface area contributed by atoms with Gasteiger partial charge in [0.05, 0.1) is 5.69 Å². The Kier molecular flexibility index (Phi) is 4.86. The monoisotopic (exact) mass is 389 g/mol. The van der Waals surface area contributed by atoms with E-state index in [9.17, 15) is 0 Å². The molecule has 0 spiro atoms. The molecule has 2 rings (SSSR count). The number of nitrogens with zero attached hydrogens (tertiary/aromatic N) is 2. The van der Waals surface area contributed by atoms with Crippen molar-refractivity contribution in [1.29, 1.82) is 0 Å². The molecule has 0 bridgehead atoms. The van der Waals surface area contributed by atoms with Crippen LogP contribution in [0.2, 0.25) is 5.02 Å². The summed E-state index contributed by atoms with van der Waals surface area (Å²) in [5.74, 6) is 0. The molecule has 0 saturated carbocycles. The Hall–Kier alpha value is -0.590. The summed E-state index contributed by atoms with van der Waals surface area (Å²) in [7, 11) is 3.96. The Morgan fingerprint density at radius 3 is 2.74 bits per heavy atom. The highest BCUT2D eigenvalue weighted by Crippen LogP contribution is 2.26. The van der Waals surface area contributed by atoms with Crippen LogP contribution in [0.4, 0.5) is 0 Å². The lowest BCUT2D eigenvalue weighted by atomic mass is 10.0. The van der Waals surface area contributed by atoms with E-state index in [0.29, 0.717) is 0 Å². The van der Waals surface area contributed by atoms with Crippen molar-refractivity contribution in [2.45, 2.75) is 19.4 Å². The molecule has 102 valence electrons. The molecule has 0 radical (unpaired) electrons. The first-order valence-electron chi connectivity index (χ1n) is 6.13. The molecule has 1 N–H and O–H groups in total. The van der Waals surface area contributed by atoms with Crippen LogP contribution in [0, 0.1) is 10.5 Å². The van der Waals surface area contributed by atoms with Crippen LogP contribution >= 0.6 is 34.2 Å². The van der Waals surface area contributed by atoms with Gasteiger partial charge in [-0.25, -0.2) is 0 Å². The first-order chi connectivity index (χ1) is 9.01. The minimum Gasteiger partial charge on any atom is -0.313 e. The van der Waals surface area contributed by atoms with E-state index in [-0.39, 0.29) is 6.04 Å². The van der Waals surface area contributed by atoms with Gasteiger partial charge in [0.1, 0.15) is 0 Å². The van der Waals surface area contributed by atoms with E-state index in [2.05, 4.69) is 45.1 Å². The lowest BCUT2D eigenvalue weighted by Gasteiger charge is -2.18. The maximum Gasteiger partial charge on any atom is 0.0596 e. The van der Waals surface area contributed by atoms with Gasteiger partial charge < -0.3 is 5.32 Å². The van der Waals surface area contributed by atoms with Gasteiger partial charge in [0.2, 0.25) is 0 Å². The predicted octanol–water partition coefficient (Wildman–Crippen LogP) is 3.49. The Bertz CT molecular complexity index is 580. The summed E-state index contributed by atoms with van der Waals surface area (Å²) < 4.78 is 3.16. The quantitative estimate of drug-likeness (QED) is 0.811. The molecule has 1 aromatic heterocycles. The minimum atomic E-state index is 0.236. The van der Waals surface area contributed by atoms with Crippen molar-refractivity contribution in [2.75, 3.05) is 7.05 Å². The van der Waals surface area contributed by atoms with E-state index in [1.54, 1.807) is 0 Å². The second-order valence-electron chi connectivity index (χ2n) is 4.61. The summed E-state index contributed by atoms with van der Waals surface area (Å²) in [4.78, 5) is 0. The summed E-state index contributed by atoms with van der Waals surface area (Å²) in [6.45, 7) is 2.01. The lowest BCUT2D eigenvalue weighted by molar-refractivity contribution is 0.559. The molecule has 0 saturated heterocycles. The first kappa shape index (κ1) is 14.8. The number of hydrogen-bond donors (Lipinski definition) is 1. The summed E-state index contributed by atoms with van der Waals surface area (Å²) in [5.41, 5.74) is 3.50. The van der Waals surface area contributed by atoms with Crippen molar-refractivity contribution in [3.8, 4) is 0 Å². The van der Waals surface area contributed by atoms with E-state index in [0.717, 1.165) is 17.1 Å². The summed E-state index contributed by atoms with van der Waals surface area (Å²) >= 11 is 8.46. The van der Waals surface area contributed by atoms with Gasteiger partial charge in [-0.1, -0.05) is 11.6 Å². The summed E-state index contributed by atoms with van der Waals surface area (Å²) in [6.07, 6.45) is 0.893. The van der Waals surface area contributed by atoms with Gasteiger partial charge in [-0.3, -0.25) is 4.68 Å². The average molecular weight is 390 g/mol. The van der Waals surface area contributed by atoms with Crippen LogP contribution in [-0.2, 0) is 13.5 Å². The third-order valence-corrected chi connectivity index (χ3v) is 4.41. The molecule has 0 fully saturated rings. The molecule has 1 aromatic carbocycles. The predicted molar refractivity (Wildman–Crippen MR) is 87.6 cm³/mol. The molecule has 3 nitrogen and oxygen atoms in total. The summed E-state index contributed by atoms with van der Waals surface area (Å²) in [6, 6.07) is 8.38. The van der Waals surface area contributed by atoms with Crippen LogP contribution in [-0.4, -0.2) is 16.8 Å². The van der Waals surface area contributed by atoms with Crippen molar-refractivity contribution in [3.05, 3.63) is 49.8 Å². The fourth-order valence-electron chi connectivity index (χ4n) is 2.21. The zero-order valence-electron chi connectivity index (χ0n) is 11.2. The van der Waals surface area contributed by atoms with Gasteiger partial charge in [0.15, 0.2) is 0 Å². The number of benzene rings is 1. The van der Waals surface area contributed by atoms with Crippen LogP contribution in [0.1, 0.15) is 23.0 Å². The molecule has 2 aromatic rings. The van der Waals surface area contributed by atoms with Crippen molar-refractivity contribution < 1.29 is 0 Å². The third-order valence-electron chi connectivity index (χ3n) is 3.19. The average Bonchev–Trinajstić information content (AvgIpc) is 2.68. The Labute approximate surface area is 132 Å². The van der Waals surface area contributed by atoms with Crippen LogP contribution < -0.4 is 5.32 Å². The van der Waals surface area contributed by atoms with Crippen LogP contribution in [0.3, 0.4) is 0 Å². The number of likely N-dealkylation sites (N-methyl/N-ethyl adjacent to an activating group) is 1. The molecule has 0 amide bonds. The fraction of sp³-hybridized carbons (Fsp3) is 0.357. The normalized spacial score (nSPS) is 12.7. The number of aromatic nitrogens is 2. The van der Waals surface area contributed by atoms with Crippen LogP contribution in [0.25, 0.3) is 0 Å². The fourth-order valence-corrected chi connectivity index (χ4v) is 3.11. The van der Waals surface area contributed by atoms with Crippen molar-refractivity contribution in [1.82, 2.24) is 15.1 Å². The number of hydrogen-bond acceptors (Lipinski definition) is 2.